The number of ether oxygens (including phenoxy) is 1. The maximum atomic E-state index is 5.40. The molecular weight excluding hydrogens is 312 g/mol. The molecule has 1 saturated heterocycles. The van der Waals surface area contributed by atoms with E-state index in [-0.39, 0.29) is 0 Å². The number of likely N-dealkylation sites (N-methyl/N-ethyl adjacent to an activating group) is 1. The van der Waals surface area contributed by atoms with E-state index in [0.29, 0.717) is 0 Å². The molecule has 4 rings (SSSR count). The zero-order valence-corrected chi connectivity index (χ0v) is 14.9. The average Bonchev–Trinajstić information content (AvgIpc) is 3.02. The fourth-order valence-corrected chi connectivity index (χ4v) is 3.42. The van der Waals surface area contributed by atoms with Gasteiger partial charge in [0.2, 0.25) is 0 Å². The molecule has 0 radical (unpaired) electrons. The minimum Gasteiger partial charge on any atom is -0.497 e. The highest BCUT2D eigenvalue weighted by molar-refractivity contribution is 5.68. The van der Waals surface area contributed by atoms with Crippen molar-refractivity contribution in [2.45, 2.75) is 6.54 Å². The summed E-state index contributed by atoms with van der Waals surface area (Å²) in [6.07, 6.45) is 2.11. The van der Waals surface area contributed by atoms with Crippen LogP contribution in [-0.4, -0.2) is 59.5 Å². The summed E-state index contributed by atoms with van der Waals surface area (Å²) in [6.45, 7) is 5.32. The molecule has 0 aliphatic carbocycles. The molecule has 0 atom stereocenters. The number of methoxy groups -OCH3 is 1. The third-order valence-electron chi connectivity index (χ3n) is 4.94. The van der Waals surface area contributed by atoms with Crippen molar-refractivity contribution in [1.82, 2.24) is 19.2 Å². The van der Waals surface area contributed by atoms with Crippen molar-refractivity contribution in [3.05, 3.63) is 54.4 Å². The third kappa shape index (κ3) is 3.25. The molecule has 3 heterocycles. The lowest BCUT2D eigenvalue weighted by atomic mass is 10.1. The van der Waals surface area contributed by atoms with Crippen LogP contribution in [0.5, 0.6) is 5.75 Å². The number of benzene rings is 1. The summed E-state index contributed by atoms with van der Waals surface area (Å²) in [5.74, 6) is 0.861. The van der Waals surface area contributed by atoms with Gasteiger partial charge in [-0.25, -0.2) is 4.98 Å². The fourth-order valence-electron chi connectivity index (χ4n) is 3.42. The molecule has 25 heavy (non-hydrogen) atoms. The highest BCUT2D eigenvalue weighted by Crippen LogP contribution is 2.28. The molecule has 1 fully saturated rings. The summed E-state index contributed by atoms with van der Waals surface area (Å²) in [7, 11) is 3.89. The van der Waals surface area contributed by atoms with Crippen LogP contribution in [0.4, 0.5) is 0 Å². The quantitative estimate of drug-likeness (QED) is 0.733. The number of fused-ring (bicyclic) bond motifs is 1. The normalized spacial score (nSPS) is 16.4. The van der Waals surface area contributed by atoms with Gasteiger partial charge in [-0.2, -0.15) is 0 Å². The Morgan fingerprint density at radius 1 is 1.04 bits per heavy atom. The Labute approximate surface area is 148 Å². The van der Waals surface area contributed by atoms with E-state index < -0.39 is 0 Å². The van der Waals surface area contributed by atoms with Crippen LogP contribution in [0.3, 0.4) is 0 Å². The average molecular weight is 336 g/mol. The van der Waals surface area contributed by atoms with Crippen LogP contribution in [0.2, 0.25) is 0 Å². The summed E-state index contributed by atoms with van der Waals surface area (Å²) < 4.78 is 7.62. The van der Waals surface area contributed by atoms with Crippen molar-refractivity contribution in [2.24, 2.45) is 0 Å². The van der Waals surface area contributed by atoms with Gasteiger partial charge in [0, 0.05) is 44.5 Å². The van der Waals surface area contributed by atoms with E-state index in [2.05, 4.69) is 51.7 Å². The summed E-state index contributed by atoms with van der Waals surface area (Å²) >= 11 is 0. The van der Waals surface area contributed by atoms with Gasteiger partial charge in [-0.3, -0.25) is 4.90 Å². The van der Waals surface area contributed by atoms with Gasteiger partial charge in [0.15, 0.2) is 0 Å². The Kier molecular flexibility index (Phi) is 4.42. The summed E-state index contributed by atoms with van der Waals surface area (Å²) in [6, 6.07) is 14.3. The monoisotopic (exact) mass is 336 g/mol. The second-order valence-electron chi connectivity index (χ2n) is 6.65. The van der Waals surface area contributed by atoms with Crippen LogP contribution in [0.25, 0.3) is 16.9 Å². The SMILES string of the molecule is COc1cccc(-c2nc3ccccn3c2CN2CCN(C)CC2)c1. The third-order valence-corrected chi connectivity index (χ3v) is 4.94. The number of piperazine rings is 1. The van der Waals surface area contributed by atoms with Gasteiger partial charge in [-0.15, -0.1) is 0 Å². The molecule has 0 spiro atoms. The minimum atomic E-state index is 0.861. The van der Waals surface area contributed by atoms with Gasteiger partial charge in [-0.05, 0) is 31.3 Å². The maximum Gasteiger partial charge on any atom is 0.137 e. The van der Waals surface area contributed by atoms with E-state index in [1.54, 1.807) is 7.11 Å². The number of imidazole rings is 1. The van der Waals surface area contributed by atoms with Crippen molar-refractivity contribution >= 4 is 5.65 Å². The molecule has 0 N–H and O–H groups in total. The van der Waals surface area contributed by atoms with Crippen molar-refractivity contribution in [3.8, 4) is 17.0 Å². The lowest BCUT2D eigenvalue weighted by Gasteiger charge is -2.32. The molecule has 0 unspecified atom stereocenters. The van der Waals surface area contributed by atoms with E-state index >= 15 is 0 Å². The first kappa shape index (κ1) is 16.1. The fraction of sp³-hybridized carbons (Fsp3) is 0.350. The molecule has 2 aromatic heterocycles. The van der Waals surface area contributed by atoms with Crippen LogP contribution in [-0.2, 0) is 6.54 Å². The number of pyridine rings is 1. The van der Waals surface area contributed by atoms with Gasteiger partial charge in [0.05, 0.1) is 18.5 Å². The molecule has 1 aromatic carbocycles. The van der Waals surface area contributed by atoms with Crippen LogP contribution in [0, 0.1) is 0 Å². The molecule has 130 valence electrons. The largest absolute Gasteiger partial charge is 0.497 e. The maximum absolute atomic E-state index is 5.40. The lowest BCUT2D eigenvalue weighted by molar-refractivity contribution is 0.147. The number of nitrogens with zero attached hydrogens (tertiary/aromatic N) is 4. The van der Waals surface area contributed by atoms with E-state index in [1.807, 2.05) is 18.2 Å². The second kappa shape index (κ2) is 6.86. The van der Waals surface area contributed by atoms with E-state index in [9.17, 15) is 0 Å². The Balaban J connectivity index is 1.75. The van der Waals surface area contributed by atoms with Crippen molar-refractivity contribution in [3.63, 3.8) is 0 Å². The van der Waals surface area contributed by atoms with Crippen molar-refractivity contribution < 1.29 is 4.74 Å². The predicted molar refractivity (Wildman–Crippen MR) is 100.0 cm³/mol. The van der Waals surface area contributed by atoms with Crippen molar-refractivity contribution in [2.75, 3.05) is 40.3 Å². The highest BCUT2D eigenvalue weighted by atomic mass is 16.5. The Morgan fingerprint density at radius 2 is 1.88 bits per heavy atom. The zero-order valence-electron chi connectivity index (χ0n) is 14.9. The number of hydrogen-bond donors (Lipinski definition) is 0. The first-order valence-corrected chi connectivity index (χ1v) is 8.76. The predicted octanol–water partition coefficient (Wildman–Crippen LogP) is 2.76. The summed E-state index contributed by atoms with van der Waals surface area (Å²) in [5.41, 5.74) is 4.38. The molecule has 5 heteroatoms. The minimum absolute atomic E-state index is 0.861. The van der Waals surface area contributed by atoms with Gasteiger partial charge in [0.1, 0.15) is 11.4 Å². The van der Waals surface area contributed by atoms with Crippen LogP contribution in [0.15, 0.2) is 48.7 Å². The first-order valence-electron chi connectivity index (χ1n) is 8.76. The molecule has 1 aliphatic rings. The Bertz CT molecular complexity index is 865. The first-order chi connectivity index (χ1) is 12.2. The number of aromatic nitrogens is 2. The smallest absolute Gasteiger partial charge is 0.137 e. The van der Waals surface area contributed by atoms with E-state index in [1.165, 1.54) is 5.69 Å². The lowest BCUT2D eigenvalue weighted by Crippen LogP contribution is -2.44. The van der Waals surface area contributed by atoms with Crippen molar-refractivity contribution in [1.29, 1.82) is 0 Å². The Hall–Kier alpha value is -2.37. The molecule has 0 saturated carbocycles. The van der Waals surface area contributed by atoms with Gasteiger partial charge >= 0.3 is 0 Å². The van der Waals surface area contributed by atoms with E-state index in [4.69, 9.17) is 9.72 Å². The highest BCUT2D eigenvalue weighted by Gasteiger charge is 2.20. The molecule has 3 aromatic rings. The van der Waals surface area contributed by atoms with Crippen LogP contribution < -0.4 is 4.74 Å². The zero-order chi connectivity index (χ0) is 17.2. The molecule has 0 amide bonds. The summed E-state index contributed by atoms with van der Waals surface area (Å²) in [4.78, 5) is 9.81. The number of rotatable bonds is 4. The molecular formula is C20H24N4O. The van der Waals surface area contributed by atoms with Crippen LogP contribution >= 0.6 is 0 Å². The second-order valence-corrected chi connectivity index (χ2v) is 6.65. The van der Waals surface area contributed by atoms with Crippen LogP contribution in [0.1, 0.15) is 5.69 Å². The van der Waals surface area contributed by atoms with Gasteiger partial charge < -0.3 is 14.0 Å². The number of hydrogen-bond acceptors (Lipinski definition) is 4. The van der Waals surface area contributed by atoms with E-state index in [0.717, 1.165) is 55.4 Å². The molecule has 5 nitrogen and oxygen atoms in total. The molecule has 1 aliphatic heterocycles. The van der Waals surface area contributed by atoms with Gasteiger partial charge in [0.25, 0.3) is 0 Å². The standard InChI is InChI=1S/C20H24N4O/c1-22-10-12-23(13-11-22)15-18-20(16-6-5-7-17(14-16)25-2)21-19-8-3-4-9-24(18)19/h3-9,14H,10-13,15H2,1-2H3. The summed E-state index contributed by atoms with van der Waals surface area (Å²) in [5, 5.41) is 0. The Morgan fingerprint density at radius 3 is 2.68 bits per heavy atom. The molecule has 0 bridgehead atoms. The topological polar surface area (TPSA) is 33.0 Å². The van der Waals surface area contributed by atoms with Gasteiger partial charge in [-0.1, -0.05) is 18.2 Å².